The van der Waals surface area contributed by atoms with Gasteiger partial charge in [-0.05, 0) is 17.7 Å². The van der Waals surface area contributed by atoms with Crippen LogP contribution in [0.25, 0.3) is 0 Å². The highest BCUT2D eigenvalue weighted by Crippen LogP contribution is 2.16. The Bertz CT molecular complexity index is 403. The van der Waals surface area contributed by atoms with Crippen molar-refractivity contribution in [2.24, 2.45) is 0 Å². The fourth-order valence-corrected chi connectivity index (χ4v) is 2.03. The fraction of sp³-hybridized carbons (Fsp3) is 0.462. The van der Waals surface area contributed by atoms with Crippen LogP contribution >= 0.6 is 0 Å². The van der Waals surface area contributed by atoms with Crippen LogP contribution in [0, 0.1) is 0 Å². The van der Waals surface area contributed by atoms with E-state index in [1.807, 2.05) is 12.1 Å². The van der Waals surface area contributed by atoms with Gasteiger partial charge in [-0.3, -0.25) is 0 Å². The Kier molecular flexibility index (Phi) is 4.41. The van der Waals surface area contributed by atoms with Crippen LogP contribution in [-0.2, 0) is 11.3 Å². The Morgan fingerprint density at radius 3 is 2.94 bits per heavy atom. The molecular weight excluding hydrogens is 230 g/mol. The van der Waals surface area contributed by atoms with Crippen molar-refractivity contribution in [1.29, 1.82) is 0 Å². The molecule has 2 rings (SSSR count). The number of rotatable bonds is 3. The lowest BCUT2D eigenvalue weighted by atomic mass is 10.1. The van der Waals surface area contributed by atoms with E-state index >= 15 is 0 Å². The van der Waals surface area contributed by atoms with Crippen LogP contribution in [0.15, 0.2) is 24.3 Å². The van der Waals surface area contributed by atoms with Gasteiger partial charge in [0.1, 0.15) is 0 Å². The Morgan fingerprint density at radius 1 is 1.44 bits per heavy atom. The van der Waals surface area contributed by atoms with E-state index in [0.717, 1.165) is 31.7 Å². The number of alkyl carbamates (subject to hydrolysis) is 1. The van der Waals surface area contributed by atoms with Gasteiger partial charge in [0.2, 0.25) is 0 Å². The minimum Gasteiger partial charge on any atom is -0.453 e. The summed E-state index contributed by atoms with van der Waals surface area (Å²) in [7, 11) is 1.37. The molecule has 0 saturated carbocycles. The molecule has 1 aromatic rings. The van der Waals surface area contributed by atoms with Gasteiger partial charge in [0.05, 0.1) is 7.11 Å². The van der Waals surface area contributed by atoms with Gasteiger partial charge in [-0.2, -0.15) is 0 Å². The highest BCUT2D eigenvalue weighted by molar-refractivity contribution is 5.67. The number of carbonyl (C=O) groups excluding carboxylic acids is 1. The maximum absolute atomic E-state index is 11.0. The van der Waals surface area contributed by atoms with E-state index in [2.05, 4.69) is 32.4 Å². The van der Waals surface area contributed by atoms with Crippen LogP contribution in [-0.4, -0.2) is 39.4 Å². The zero-order valence-electron chi connectivity index (χ0n) is 10.6. The number of nitrogens with one attached hydrogen (secondary N) is 2. The predicted octanol–water partition coefficient (Wildman–Crippen LogP) is 0.952. The average Bonchev–Trinajstić information content (AvgIpc) is 2.46. The quantitative estimate of drug-likeness (QED) is 0.837. The van der Waals surface area contributed by atoms with Crippen molar-refractivity contribution in [3.63, 3.8) is 0 Å². The van der Waals surface area contributed by atoms with E-state index in [1.54, 1.807) is 0 Å². The number of hydrogen-bond acceptors (Lipinski definition) is 4. The maximum Gasteiger partial charge on any atom is 0.407 e. The van der Waals surface area contributed by atoms with E-state index in [9.17, 15) is 4.79 Å². The first-order valence-electron chi connectivity index (χ1n) is 6.16. The SMILES string of the molecule is COC(=O)NCc1cccc(N2CCNCC2)c1. The van der Waals surface area contributed by atoms with Gasteiger partial charge in [0, 0.05) is 38.4 Å². The number of methoxy groups -OCH3 is 1. The largest absolute Gasteiger partial charge is 0.453 e. The molecule has 0 bridgehead atoms. The zero-order valence-corrected chi connectivity index (χ0v) is 10.6. The lowest BCUT2D eigenvalue weighted by Crippen LogP contribution is -2.43. The first-order valence-corrected chi connectivity index (χ1v) is 6.16. The van der Waals surface area contributed by atoms with Gasteiger partial charge < -0.3 is 20.3 Å². The number of amides is 1. The summed E-state index contributed by atoms with van der Waals surface area (Å²) in [5.41, 5.74) is 2.29. The number of carbonyl (C=O) groups is 1. The summed E-state index contributed by atoms with van der Waals surface area (Å²) < 4.78 is 4.55. The summed E-state index contributed by atoms with van der Waals surface area (Å²) in [5.74, 6) is 0. The number of benzene rings is 1. The van der Waals surface area contributed by atoms with Crippen molar-refractivity contribution in [3.05, 3.63) is 29.8 Å². The predicted molar refractivity (Wildman–Crippen MR) is 70.8 cm³/mol. The minimum atomic E-state index is -0.400. The second-order valence-corrected chi connectivity index (χ2v) is 4.25. The Hall–Kier alpha value is -1.75. The third kappa shape index (κ3) is 3.37. The van der Waals surface area contributed by atoms with Crippen LogP contribution in [0.5, 0.6) is 0 Å². The van der Waals surface area contributed by atoms with Gasteiger partial charge in [-0.15, -0.1) is 0 Å². The van der Waals surface area contributed by atoms with Crippen molar-refractivity contribution < 1.29 is 9.53 Å². The van der Waals surface area contributed by atoms with Crippen LogP contribution < -0.4 is 15.5 Å². The first-order chi connectivity index (χ1) is 8.79. The summed E-state index contributed by atoms with van der Waals surface area (Å²) in [6.45, 7) is 4.57. The molecule has 0 aromatic heterocycles. The number of nitrogens with zero attached hydrogens (tertiary/aromatic N) is 1. The van der Waals surface area contributed by atoms with Crippen LogP contribution in [0.1, 0.15) is 5.56 Å². The Balaban J connectivity index is 1.98. The number of hydrogen-bond donors (Lipinski definition) is 2. The van der Waals surface area contributed by atoms with Crippen molar-refractivity contribution in [1.82, 2.24) is 10.6 Å². The molecule has 1 aliphatic heterocycles. The Morgan fingerprint density at radius 2 is 2.22 bits per heavy atom. The highest BCUT2D eigenvalue weighted by Gasteiger charge is 2.10. The van der Waals surface area contributed by atoms with Gasteiger partial charge in [0.25, 0.3) is 0 Å². The lowest BCUT2D eigenvalue weighted by molar-refractivity contribution is 0.170. The van der Waals surface area contributed by atoms with Gasteiger partial charge in [-0.1, -0.05) is 12.1 Å². The van der Waals surface area contributed by atoms with Gasteiger partial charge in [0.15, 0.2) is 0 Å². The van der Waals surface area contributed by atoms with E-state index < -0.39 is 6.09 Å². The van der Waals surface area contributed by atoms with Crippen LogP contribution in [0.3, 0.4) is 0 Å². The molecule has 1 aromatic carbocycles. The van der Waals surface area contributed by atoms with E-state index in [1.165, 1.54) is 12.8 Å². The zero-order chi connectivity index (χ0) is 12.8. The van der Waals surface area contributed by atoms with Crippen molar-refractivity contribution in [2.45, 2.75) is 6.54 Å². The van der Waals surface area contributed by atoms with E-state index in [-0.39, 0.29) is 0 Å². The van der Waals surface area contributed by atoms with Crippen molar-refractivity contribution in [2.75, 3.05) is 38.2 Å². The normalized spacial score (nSPS) is 15.3. The monoisotopic (exact) mass is 249 g/mol. The molecular formula is C13H19N3O2. The molecule has 1 amide bonds. The molecule has 0 radical (unpaired) electrons. The molecule has 1 heterocycles. The summed E-state index contributed by atoms with van der Waals surface area (Å²) in [5, 5.41) is 6.02. The maximum atomic E-state index is 11.0. The summed E-state index contributed by atoms with van der Waals surface area (Å²) >= 11 is 0. The molecule has 18 heavy (non-hydrogen) atoms. The molecule has 2 N–H and O–H groups in total. The summed E-state index contributed by atoms with van der Waals surface area (Å²) in [4.78, 5) is 13.4. The molecule has 5 nitrogen and oxygen atoms in total. The second kappa shape index (κ2) is 6.26. The molecule has 0 atom stereocenters. The molecule has 1 saturated heterocycles. The first kappa shape index (κ1) is 12.7. The molecule has 1 aliphatic rings. The molecule has 0 unspecified atom stereocenters. The third-order valence-corrected chi connectivity index (χ3v) is 3.01. The smallest absolute Gasteiger partial charge is 0.407 e. The van der Waals surface area contributed by atoms with Crippen LogP contribution in [0.4, 0.5) is 10.5 Å². The number of piperazine rings is 1. The Labute approximate surface area is 107 Å². The third-order valence-electron chi connectivity index (χ3n) is 3.01. The lowest BCUT2D eigenvalue weighted by Gasteiger charge is -2.29. The molecule has 5 heteroatoms. The number of ether oxygens (including phenoxy) is 1. The van der Waals surface area contributed by atoms with Crippen LogP contribution in [0.2, 0.25) is 0 Å². The van der Waals surface area contributed by atoms with E-state index in [0.29, 0.717) is 6.54 Å². The number of anilines is 1. The molecule has 98 valence electrons. The van der Waals surface area contributed by atoms with E-state index in [4.69, 9.17) is 0 Å². The summed E-state index contributed by atoms with van der Waals surface area (Å²) in [6.07, 6.45) is -0.400. The summed E-state index contributed by atoms with van der Waals surface area (Å²) in [6, 6.07) is 8.24. The standard InChI is InChI=1S/C13H19N3O2/c1-18-13(17)15-10-11-3-2-4-12(9-11)16-7-5-14-6-8-16/h2-4,9,14H,5-8,10H2,1H3,(H,15,17). The van der Waals surface area contributed by atoms with Crippen molar-refractivity contribution >= 4 is 11.8 Å². The second-order valence-electron chi connectivity index (χ2n) is 4.25. The molecule has 1 fully saturated rings. The molecule has 0 spiro atoms. The minimum absolute atomic E-state index is 0.400. The fourth-order valence-electron chi connectivity index (χ4n) is 2.03. The highest BCUT2D eigenvalue weighted by atomic mass is 16.5. The van der Waals surface area contributed by atoms with Crippen molar-refractivity contribution in [3.8, 4) is 0 Å². The van der Waals surface area contributed by atoms with Gasteiger partial charge in [-0.25, -0.2) is 4.79 Å². The average molecular weight is 249 g/mol. The molecule has 0 aliphatic carbocycles. The van der Waals surface area contributed by atoms with Gasteiger partial charge >= 0.3 is 6.09 Å². The topological polar surface area (TPSA) is 53.6 Å².